The summed E-state index contributed by atoms with van der Waals surface area (Å²) in [4.78, 5) is 25.5. The van der Waals surface area contributed by atoms with E-state index in [4.69, 9.17) is 23.4 Å². The molecule has 1 aromatic rings. The summed E-state index contributed by atoms with van der Waals surface area (Å²) in [5.74, 6) is 0.0639. The molecule has 1 aliphatic rings. The van der Waals surface area contributed by atoms with Crippen molar-refractivity contribution in [3.8, 4) is 11.5 Å². The molecule has 0 amide bonds. The van der Waals surface area contributed by atoms with E-state index in [0.717, 1.165) is 5.56 Å². The van der Waals surface area contributed by atoms with Crippen LogP contribution >= 0.6 is 0 Å². The summed E-state index contributed by atoms with van der Waals surface area (Å²) < 4.78 is 28.9. The minimum absolute atomic E-state index is 0.100. The summed E-state index contributed by atoms with van der Waals surface area (Å²) in [6.45, 7) is 12.5. The SMILES string of the molecule is COC(=O)CC(C)C(O[Si](C)(C)C(C)(C)C)[C@]1(C(=O)OC)CCc2c(OC)cccc2O1. The van der Waals surface area contributed by atoms with Crippen LogP contribution in [0.1, 0.15) is 46.1 Å². The van der Waals surface area contributed by atoms with Gasteiger partial charge in [-0.15, -0.1) is 0 Å². The van der Waals surface area contributed by atoms with Gasteiger partial charge in [0.1, 0.15) is 11.5 Å². The van der Waals surface area contributed by atoms with E-state index >= 15 is 0 Å². The van der Waals surface area contributed by atoms with Crippen LogP contribution < -0.4 is 9.47 Å². The van der Waals surface area contributed by atoms with Crippen LogP contribution in [0.15, 0.2) is 18.2 Å². The van der Waals surface area contributed by atoms with Crippen molar-refractivity contribution in [1.29, 1.82) is 0 Å². The van der Waals surface area contributed by atoms with Crippen molar-refractivity contribution in [3.05, 3.63) is 23.8 Å². The molecule has 1 aliphatic heterocycles. The first-order valence-corrected chi connectivity index (χ1v) is 13.9. The summed E-state index contributed by atoms with van der Waals surface area (Å²) in [5.41, 5.74) is -0.488. The Balaban J connectivity index is 2.60. The highest BCUT2D eigenvalue weighted by Gasteiger charge is 2.57. The van der Waals surface area contributed by atoms with Crippen LogP contribution in [0.5, 0.6) is 11.5 Å². The number of esters is 2. The number of ether oxygens (including phenoxy) is 4. The quantitative estimate of drug-likeness (QED) is 0.411. The maximum atomic E-state index is 13.3. The van der Waals surface area contributed by atoms with E-state index in [0.29, 0.717) is 24.3 Å². The van der Waals surface area contributed by atoms with Gasteiger partial charge in [0.05, 0.1) is 33.9 Å². The van der Waals surface area contributed by atoms with E-state index < -0.39 is 26.0 Å². The summed E-state index contributed by atoms with van der Waals surface area (Å²) in [6, 6.07) is 5.52. The normalized spacial score (nSPS) is 20.4. The molecule has 0 aliphatic carbocycles. The molecule has 0 radical (unpaired) electrons. The van der Waals surface area contributed by atoms with Crippen molar-refractivity contribution in [1.82, 2.24) is 0 Å². The second-order valence-electron chi connectivity index (χ2n) is 9.98. The van der Waals surface area contributed by atoms with Crippen molar-refractivity contribution in [2.24, 2.45) is 5.92 Å². The Labute approximate surface area is 192 Å². The molecule has 0 spiro atoms. The minimum atomic E-state index is -2.36. The van der Waals surface area contributed by atoms with E-state index in [1.54, 1.807) is 7.11 Å². The molecule has 0 N–H and O–H groups in total. The highest BCUT2D eigenvalue weighted by molar-refractivity contribution is 6.74. The highest BCUT2D eigenvalue weighted by atomic mass is 28.4. The summed E-state index contributed by atoms with van der Waals surface area (Å²) in [6.07, 6.45) is 0.298. The summed E-state index contributed by atoms with van der Waals surface area (Å²) >= 11 is 0. The number of methoxy groups -OCH3 is 3. The van der Waals surface area contributed by atoms with Crippen molar-refractivity contribution < 1.29 is 33.0 Å². The number of hydrogen-bond donors (Lipinski definition) is 0. The van der Waals surface area contributed by atoms with Gasteiger partial charge in [0.2, 0.25) is 5.60 Å². The van der Waals surface area contributed by atoms with Gasteiger partial charge < -0.3 is 23.4 Å². The molecule has 0 saturated carbocycles. The van der Waals surface area contributed by atoms with Crippen molar-refractivity contribution in [2.45, 2.75) is 76.8 Å². The lowest BCUT2D eigenvalue weighted by atomic mass is 9.80. The Morgan fingerprint density at radius 3 is 2.34 bits per heavy atom. The van der Waals surface area contributed by atoms with Gasteiger partial charge >= 0.3 is 11.9 Å². The zero-order valence-corrected chi connectivity index (χ0v) is 21.9. The van der Waals surface area contributed by atoms with Crippen LogP contribution in [-0.2, 0) is 29.9 Å². The molecule has 180 valence electrons. The van der Waals surface area contributed by atoms with E-state index in [2.05, 4.69) is 33.9 Å². The fourth-order valence-electron chi connectivity index (χ4n) is 3.89. The zero-order chi connectivity index (χ0) is 24.3. The molecule has 1 aromatic carbocycles. The Hall–Kier alpha value is -2.06. The molecular formula is C24H38O7Si. The molecule has 2 unspecified atom stereocenters. The second kappa shape index (κ2) is 9.83. The van der Waals surface area contributed by atoms with Gasteiger partial charge in [0.25, 0.3) is 0 Å². The average Bonchev–Trinajstić information content (AvgIpc) is 2.74. The third-order valence-corrected chi connectivity index (χ3v) is 11.3. The molecule has 7 nitrogen and oxygen atoms in total. The van der Waals surface area contributed by atoms with E-state index in [1.807, 2.05) is 25.1 Å². The topological polar surface area (TPSA) is 80.3 Å². The lowest BCUT2D eigenvalue weighted by Gasteiger charge is -2.48. The Morgan fingerprint density at radius 2 is 1.81 bits per heavy atom. The third-order valence-electron chi connectivity index (χ3n) is 6.80. The van der Waals surface area contributed by atoms with Gasteiger partial charge in [-0.2, -0.15) is 0 Å². The van der Waals surface area contributed by atoms with Crippen LogP contribution in [0.25, 0.3) is 0 Å². The number of hydrogen-bond acceptors (Lipinski definition) is 7. The number of rotatable bonds is 8. The van der Waals surface area contributed by atoms with E-state index in [9.17, 15) is 9.59 Å². The van der Waals surface area contributed by atoms with Gasteiger partial charge in [-0.25, -0.2) is 4.79 Å². The first kappa shape index (κ1) is 26.2. The lowest BCUT2D eigenvalue weighted by Crippen LogP contribution is -2.63. The van der Waals surface area contributed by atoms with Gasteiger partial charge in [-0.3, -0.25) is 4.79 Å². The molecule has 2 rings (SSSR count). The van der Waals surface area contributed by atoms with Crippen LogP contribution in [0.3, 0.4) is 0 Å². The monoisotopic (exact) mass is 466 g/mol. The Kier molecular flexibility index (Phi) is 8.04. The Morgan fingerprint density at radius 1 is 1.16 bits per heavy atom. The molecule has 8 heteroatoms. The summed E-state index contributed by atoms with van der Waals surface area (Å²) in [7, 11) is 1.96. The predicted molar refractivity (Wildman–Crippen MR) is 125 cm³/mol. The van der Waals surface area contributed by atoms with Crippen LogP contribution in [-0.4, -0.2) is 53.3 Å². The molecular weight excluding hydrogens is 428 g/mol. The molecule has 0 aromatic heterocycles. The van der Waals surface area contributed by atoms with Gasteiger partial charge in [0, 0.05) is 12.0 Å². The molecule has 0 bridgehead atoms. The first-order valence-electron chi connectivity index (χ1n) is 11.0. The van der Waals surface area contributed by atoms with Crippen molar-refractivity contribution in [2.75, 3.05) is 21.3 Å². The second-order valence-corrected chi connectivity index (χ2v) is 14.7. The molecule has 1 heterocycles. The van der Waals surface area contributed by atoms with Gasteiger partial charge in [0.15, 0.2) is 8.32 Å². The van der Waals surface area contributed by atoms with Gasteiger partial charge in [-0.1, -0.05) is 33.8 Å². The van der Waals surface area contributed by atoms with Crippen LogP contribution in [0.2, 0.25) is 18.1 Å². The van der Waals surface area contributed by atoms with Crippen molar-refractivity contribution >= 4 is 20.3 Å². The fourth-order valence-corrected chi connectivity index (χ4v) is 5.30. The highest BCUT2D eigenvalue weighted by Crippen LogP contribution is 2.46. The smallest absolute Gasteiger partial charge is 0.352 e. The Bertz CT molecular complexity index is 830. The number of benzene rings is 1. The minimum Gasteiger partial charge on any atom is -0.496 e. The standard InChI is InChI=1S/C24H38O7Si/c1-16(15-20(25)28-6)21(31-32(8,9)23(2,3)4)24(22(26)29-7)14-13-17-18(27-5)11-10-12-19(17)30-24/h10-12,16,21H,13-15H2,1-9H3/t16?,21?,24-/m0/s1. The molecule has 32 heavy (non-hydrogen) atoms. The number of carbonyl (C=O) groups excluding carboxylic acids is 2. The maximum Gasteiger partial charge on any atom is 0.352 e. The van der Waals surface area contributed by atoms with Crippen LogP contribution in [0.4, 0.5) is 0 Å². The fraction of sp³-hybridized carbons (Fsp3) is 0.667. The maximum absolute atomic E-state index is 13.3. The third kappa shape index (κ3) is 5.12. The first-order chi connectivity index (χ1) is 14.8. The lowest BCUT2D eigenvalue weighted by molar-refractivity contribution is -0.177. The number of fused-ring (bicyclic) bond motifs is 1. The zero-order valence-electron chi connectivity index (χ0n) is 20.9. The van der Waals surface area contributed by atoms with Crippen molar-refractivity contribution in [3.63, 3.8) is 0 Å². The predicted octanol–water partition coefficient (Wildman–Crippen LogP) is 4.52. The van der Waals surface area contributed by atoms with E-state index in [-0.39, 0.29) is 23.3 Å². The van der Waals surface area contributed by atoms with Crippen LogP contribution in [0, 0.1) is 5.92 Å². The molecule has 3 atom stereocenters. The molecule has 0 saturated heterocycles. The van der Waals surface area contributed by atoms with Gasteiger partial charge in [-0.05, 0) is 42.6 Å². The largest absolute Gasteiger partial charge is 0.496 e. The average molecular weight is 467 g/mol. The number of carbonyl (C=O) groups is 2. The van der Waals surface area contributed by atoms with E-state index in [1.165, 1.54) is 14.2 Å². The molecule has 0 fully saturated rings. The summed E-state index contributed by atoms with van der Waals surface area (Å²) in [5, 5.41) is -0.108.